The van der Waals surface area contributed by atoms with E-state index in [1.807, 2.05) is 53.1 Å². The van der Waals surface area contributed by atoms with Gasteiger partial charge in [0.1, 0.15) is 12.1 Å². The molecule has 1 heterocycles. The SMILES string of the molecule is COc1ccccc1-n1cnnc1SCC(=O)c1ccc(C(C)(C)C)cc1. The highest BCUT2D eigenvalue weighted by Crippen LogP contribution is 2.27. The van der Waals surface area contributed by atoms with Crippen molar-refractivity contribution in [2.24, 2.45) is 0 Å². The molecule has 3 rings (SSSR count). The Kier molecular flexibility index (Phi) is 5.65. The minimum atomic E-state index is 0.0648. The zero-order chi connectivity index (χ0) is 19.4. The van der Waals surface area contributed by atoms with Crippen LogP contribution in [-0.2, 0) is 5.41 Å². The Morgan fingerprint density at radius 1 is 1.11 bits per heavy atom. The molecule has 0 bridgehead atoms. The molecular weight excluding hydrogens is 358 g/mol. The molecule has 0 spiro atoms. The molecule has 0 saturated carbocycles. The van der Waals surface area contributed by atoms with Crippen LogP contribution in [0.2, 0.25) is 0 Å². The van der Waals surface area contributed by atoms with Crippen LogP contribution in [0, 0.1) is 0 Å². The number of benzene rings is 2. The summed E-state index contributed by atoms with van der Waals surface area (Å²) in [5.74, 6) is 1.08. The van der Waals surface area contributed by atoms with E-state index in [9.17, 15) is 4.79 Å². The lowest BCUT2D eigenvalue weighted by Crippen LogP contribution is -2.11. The first kappa shape index (κ1) is 19.2. The van der Waals surface area contributed by atoms with Crippen LogP contribution in [0.25, 0.3) is 5.69 Å². The van der Waals surface area contributed by atoms with E-state index in [4.69, 9.17) is 4.74 Å². The molecule has 0 amide bonds. The standard InChI is InChI=1S/C21H23N3O2S/c1-21(2,3)16-11-9-15(10-12-16)18(25)13-27-20-23-22-14-24(20)17-7-5-6-8-19(17)26-4/h5-12,14H,13H2,1-4H3. The lowest BCUT2D eigenvalue weighted by atomic mass is 9.86. The third kappa shape index (κ3) is 4.39. The highest BCUT2D eigenvalue weighted by atomic mass is 32.2. The second kappa shape index (κ2) is 7.96. The number of rotatable bonds is 6. The molecule has 0 saturated heterocycles. The Labute approximate surface area is 163 Å². The molecule has 0 aliphatic carbocycles. The number of aromatic nitrogens is 3. The molecule has 0 radical (unpaired) electrons. The maximum Gasteiger partial charge on any atom is 0.196 e. The van der Waals surface area contributed by atoms with E-state index >= 15 is 0 Å². The van der Waals surface area contributed by atoms with E-state index < -0.39 is 0 Å². The van der Waals surface area contributed by atoms with Gasteiger partial charge < -0.3 is 4.74 Å². The van der Waals surface area contributed by atoms with Crippen LogP contribution in [-0.4, -0.2) is 33.4 Å². The number of para-hydroxylation sites is 2. The summed E-state index contributed by atoms with van der Waals surface area (Å²) in [5, 5.41) is 8.79. The number of carbonyl (C=O) groups excluding carboxylic acids is 1. The number of methoxy groups -OCH3 is 1. The van der Waals surface area contributed by atoms with Gasteiger partial charge in [-0.05, 0) is 23.1 Å². The van der Waals surface area contributed by atoms with Gasteiger partial charge in [0.15, 0.2) is 10.9 Å². The van der Waals surface area contributed by atoms with Crippen molar-refractivity contribution in [2.45, 2.75) is 31.3 Å². The van der Waals surface area contributed by atoms with Crippen molar-refractivity contribution in [3.63, 3.8) is 0 Å². The number of Topliss-reactive ketones (excluding diaryl/α,β-unsaturated/α-hetero) is 1. The Hall–Kier alpha value is -2.60. The summed E-state index contributed by atoms with van der Waals surface area (Å²) in [4.78, 5) is 12.6. The van der Waals surface area contributed by atoms with Gasteiger partial charge in [0.05, 0.1) is 18.6 Å². The van der Waals surface area contributed by atoms with Crippen LogP contribution < -0.4 is 4.74 Å². The summed E-state index contributed by atoms with van der Waals surface area (Å²) in [7, 11) is 1.63. The minimum Gasteiger partial charge on any atom is -0.495 e. The van der Waals surface area contributed by atoms with Gasteiger partial charge in [0.25, 0.3) is 0 Å². The first-order chi connectivity index (χ1) is 12.9. The molecule has 0 fully saturated rings. The average Bonchev–Trinajstić information content (AvgIpc) is 3.14. The van der Waals surface area contributed by atoms with Gasteiger partial charge in [-0.25, -0.2) is 0 Å². The average molecular weight is 382 g/mol. The van der Waals surface area contributed by atoms with Crippen LogP contribution in [0.15, 0.2) is 60.0 Å². The Balaban J connectivity index is 1.73. The van der Waals surface area contributed by atoms with Crippen molar-refractivity contribution in [1.82, 2.24) is 14.8 Å². The molecule has 0 atom stereocenters. The summed E-state index contributed by atoms with van der Waals surface area (Å²) in [6.07, 6.45) is 1.63. The van der Waals surface area contributed by atoms with Crippen LogP contribution in [0.5, 0.6) is 5.75 Å². The predicted octanol–water partition coefficient (Wildman–Crippen LogP) is 4.55. The monoisotopic (exact) mass is 381 g/mol. The van der Waals surface area contributed by atoms with E-state index in [2.05, 4.69) is 31.0 Å². The van der Waals surface area contributed by atoms with E-state index in [1.165, 1.54) is 17.3 Å². The first-order valence-electron chi connectivity index (χ1n) is 8.70. The van der Waals surface area contributed by atoms with Crippen molar-refractivity contribution in [3.05, 3.63) is 66.0 Å². The fourth-order valence-corrected chi connectivity index (χ4v) is 3.50. The molecular formula is C21H23N3O2S. The van der Waals surface area contributed by atoms with Crippen molar-refractivity contribution in [1.29, 1.82) is 0 Å². The van der Waals surface area contributed by atoms with Crippen LogP contribution in [0.1, 0.15) is 36.7 Å². The van der Waals surface area contributed by atoms with Crippen LogP contribution >= 0.6 is 11.8 Å². The molecule has 140 valence electrons. The number of thioether (sulfide) groups is 1. The quantitative estimate of drug-likeness (QED) is 0.463. The highest BCUT2D eigenvalue weighted by molar-refractivity contribution is 7.99. The van der Waals surface area contributed by atoms with Crippen LogP contribution in [0.3, 0.4) is 0 Å². The number of ether oxygens (including phenoxy) is 1. The normalized spacial score (nSPS) is 11.4. The molecule has 0 aliphatic rings. The second-order valence-corrected chi connectivity index (χ2v) is 8.14. The number of ketones is 1. The second-order valence-electron chi connectivity index (χ2n) is 7.19. The van der Waals surface area contributed by atoms with Gasteiger partial charge in [0.2, 0.25) is 0 Å². The van der Waals surface area contributed by atoms with Gasteiger partial charge in [-0.3, -0.25) is 9.36 Å². The van der Waals surface area contributed by atoms with Crippen molar-refractivity contribution in [2.75, 3.05) is 12.9 Å². The smallest absolute Gasteiger partial charge is 0.196 e. The first-order valence-corrected chi connectivity index (χ1v) is 9.68. The third-order valence-electron chi connectivity index (χ3n) is 4.27. The molecule has 27 heavy (non-hydrogen) atoms. The minimum absolute atomic E-state index is 0.0648. The summed E-state index contributed by atoms with van der Waals surface area (Å²) < 4.78 is 7.24. The third-order valence-corrected chi connectivity index (χ3v) is 5.21. The van der Waals surface area contributed by atoms with E-state index in [0.717, 1.165) is 11.4 Å². The number of hydrogen-bond donors (Lipinski definition) is 0. The molecule has 5 nitrogen and oxygen atoms in total. The summed E-state index contributed by atoms with van der Waals surface area (Å²) in [5.41, 5.74) is 2.83. The van der Waals surface area contributed by atoms with E-state index in [1.54, 1.807) is 13.4 Å². The number of hydrogen-bond acceptors (Lipinski definition) is 5. The largest absolute Gasteiger partial charge is 0.495 e. The lowest BCUT2D eigenvalue weighted by molar-refractivity contribution is 0.102. The van der Waals surface area contributed by atoms with Gasteiger partial charge in [-0.15, -0.1) is 10.2 Å². The van der Waals surface area contributed by atoms with Gasteiger partial charge in [0, 0.05) is 5.56 Å². The number of carbonyl (C=O) groups is 1. The molecule has 1 aromatic heterocycles. The van der Waals surface area contributed by atoms with Crippen molar-refractivity contribution < 1.29 is 9.53 Å². The number of nitrogens with zero attached hydrogens (tertiary/aromatic N) is 3. The maximum absolute atomic E-state index is 12.6. The lowest BCUT2D eigenvalue weighted by Gasteiger charge is -2.18. The molecule has 3 aromatic rings. The maximum atomic E-state index is 12.6. The molecule has 0 aliphatic heterocycles. The Bertz CT molecular complexity index is 927. The van der Waals surface area contributed by atoms with E-state index in [0.29, 0.717) is 16.5 Å². The van der Waals surface area contributed by atoms with E-state index in [-0.39, 0.29) is 11.2 Å². The summed E-state index contributed by atoms with van der Waals surface area (Å²) >= 11 is 1.36. The summed E-state index contributed by atoms with van der Waals surface area (Å²) in [6.45, 7) is 6.47. The van der Waals surface area contributed by atoms with Gasteiger partial charge in [-0.1, -0.05) is 68.9 Å². The fourth-order valence-electron chi connectivity index (χ4n) is 2.69. The van der Waals surface area contributed by atoms with Gasteiger partial charge in [-0.2, -0.15) is 0 Å². The van der Waals surface area contributed by atoms with Gasteiger partial charge >= 0.3 is 0 Å². The molecule has 0 N–H and O–H groups in total. The summed E-state index contributed by atoms with van der Waals surface area (Å²) in [6, 6.07) is 15.5. The molecule has 0 unspecified atom stereocenters. The van der Waals surface area contributed by atoms with Crippen LogP contribution in [0.4, 0.5) is 0 Å². The zero-order valence-corrected chi connectivity index (χ0v) is 16.8. The Morgan fingerprint density at radius 3 is 2.48 bits per heavy atom. The highest BCUT2D eigenvalue weighted by Gasteiger charge is 2.16. The molecule has 2 aromatic carbocycles. The predicted molar refractivity (Wildman–Crippen MR) is 108 cm³/mol. The van der Waals surface area contributed by atoms with Crippen molar-refractivity contribution >= 4 is 17.5 Å². The topological polar surface area (TPSA) is 57.0 Å². The van der Waals surface area contributed by atoms with Crippen molar-refractivity contribution in [3.8, 4) is 11.4 Å². The molecule has 6 heteroatoms. The Morgan fingerprint density at radius 2 is 1.81 bits per heavy atom. The zero-order valence-electron chi connectivity index (χ0n) is 16.0. The fraction of sp³-hybridized carbons (Fsp3) is 0.286.